The number of ether oxygens (including phenoxy) is 3. The van der Waals surface area contributed by atoms with Crippen LogP contribution in [0, 0.1) is 0 Å². The van der Waals surface area contributed by atoms with Gasteiger partial charge in [0.05, 0.1) is 18.9 Å². The maximum atomic E-state index is 11.9. The first-order valence-corrected chi connectivity index (χ1v) is 8.00. The second kappa shape index (κ2) is 10.9. The van der Waals surface area contributed by atoms with Gasteiger partial charge in [0.15, 0.2) is 6.61 Å². The van der Waals surface area contributed by atoms with Crippen molar-refractivity contribution in [3.63, 3.8) is 0 Å². The fourth-order valence-corrected chi connectivity index (χ4v) is 2.01. The lowest BCUT2D eigenvalue weighted by molar-refractivity contribution is -0.142. The van der Waals surface area contributed by atoms with Crippen molar-refractivity contribution in [1.82, 2.24) is 5.32 Å². The lowest BCUT2D eigenvalue weighted by Crippen LogP contribution is -2.36. The van der Waals surface area contributed by atoms with Gasteiger partial charge in [-0.3, -0.25) is 14.4 Å². The molecule has 0 bridgehead atoms. The van der Waals surface area contributed by atoms with E-state index in [-0.39, 0.29) is 38.8 Å². The van der Waals surface area contributed by atoms with E-state index in [4.69, 9.17) is 14.2 Å². The number of esters is 2. The molecule has 1 N–H and O–H groups in total. The summed E-state index contributed by atoms with van der Waals surface area (Å²) < 4.78 is 15.4. The number of hydrogen-bond acceptors (Lipinski definition) is 7. The Morgan fingerprint density at radius 3 is 2.08 bits per heavy atom. The maximum absolute atomic E-state index is 11.9. The van der Waals surface area contributed by atoms with Crippen molar-refractivity contribution < 1.29 is 28.6 Å². The van der Waals surface area contributed by atoms with Crippen LogP contribution in [0.25, 0.3) is 0 Å². The third-order valence-corrected chi connectivity index (χ3v) is 3.09. The first-order chi connectivity index (χ1) is 12.0. The molecule has 0 aliphatic carbocycles. The van der Waals surface area contributed by atoms with E-state index in [1.807, 2.05) is 0 Å². The number of amides is 1. The summed E-state index contributed by atoms with van der Waals surface area (Å²) >= 11 is 0. The molecule has 0 aromatic heterocycles. The summed E-state index contributed by atoms with van der Waals surface area (Å²) in [6.45, 7) is 3.41. The lowest BCUT2D eigenvalue weighted by atomic mass is 10.2. The van der Waals surface area contributed by atoms with Crippen LogP contribution >= 0.6 is 0 Å². The van der Waals surface area contributed by atoms with Gasteiger partial charge in [-0.1, -0.05) is 12.1 Å². The van der Waals surface area contributed by atoms with Gasteiger partial charge in [-0.05, 0) is 26.0 Å². The zero-order chi connectivity index (χ0) is 18.7. The molecule has 0 fully saturated rings. The molecule has 0 aliphatic rings. The fraction of sp³-hybridized carbons (Fsp3) is 0.471. The third kappa shape index (κ3) is 7.11. The second-order valence-electron chi connectivity index (χ2n) is 4.90. The van der Waals surface area contributed by atoms with Gasteiger partial charge in [-0.25, -0.2) is 0 Å². The maximum Gasteiger partial charge on any atom is 0.325 e. The molecule has 0 saturated carbocycles. The van der Waals surface area contributed by atoms with Crippen LogP contribution in [0.2, 0.25) is 0 Å². The predicted octanol–water partition coefficient (Wildman–Crippen LogP) is 0.744. The third-order valence-electron chi connectivity index (χ3n) is 3.09. The molecule has 0 saturated heterocycles. The number of likely N-dealkylation sites (N-methyl/N-ethyl adjacent to an activating group) is 1. The van der Waals surface area contributed by atoms with E-state index in [9.17, 15) is 14.4 Å². The molecule has 1 rings (SSSR count). The van der Waals surface area contributed by atoms with Crippen LogP contribution in [0.3, 0.4) is 0 Å². The number of para-hydroxylation sites is 2. The summed E-state index contributed by atoms with van der Waals surface area (Å²) in [4.78, 5) is 36.6. The average Bonchev–Trinajstić information content (AvgIpc) is 2.59. The zero-order valence-electron chi connectivity index (χ0n) is 14.7. The average molecular weight is 352 g/mol. The molecule has 0 spiro atoms. The minimum Gasteiger partial charge on any atom is -0.482 e. The van der Waals surface area contributed by atoms with Crippen molar-refractivity contribution in [2.75, 3.05) is 44.9 Å². The van der Waals surface area contributed by atoms with Gasteiger partial charge in [0, 0.05) is 7.05 Å². The summed E-state index contributed by atoms with van der Waals surface area (Å²) in [5.74, 6) is -0.877. The summed E-state index contributed by atoms with van der Waals surface area (Å²) in [5.41, 5.74) is 0.493. The number of carbonyl (C=O) groups is 3. The van der Waals surface area contributed by atoms with E-state index in [2.05, 4.69) is 5.32 Å². The molecule has 8 nitrogen and oxygen atoms in total. The smallest absolute Gasteiger partial charge is 0.325 e. The van der Waals surface area contributed by atoms with Gasteiger partial charge in [0.25, 0.3) is 5.91 Å². The van der Waals surface area contributed by atoms with E-state index in [0.717, 1.165) is 0 Å². The minimum atomic E-state index is -0.479. The van der Waals surface area contributed by atoms with Crippen molar-refractivity contribution in [3.8, 4) is 5.75 Å². The van der Waals surface area contributed by atoms with E-state index in [0.29, 0.717) is 11.4 Å². The number of nitrogens with zero attached hydrogens (tertiary/aromatic N) is 1. The number of anilines is 1. The molecule has 25 heavy (non-hydrogen) atoms. The zero-order valence-corrected chi connectivity index (χ0v) is 14.7. The van der Waals surface area contributed by atoms with E-state index in [1.54, 1.807) is 38.1 Å². The Hall–Kier alpha value is -2.77. The Bertz CT molecular complexity index is 570. The first-order valence-electron chi connectivity index (χ1n) is 8.00. The Morgan fingerprint density at radius 2 is 1.56 bits per heavy atom. The molecule has 1 aromatic carbocycles. The Morgan fingerprint density at radius 1 is 1.00 bits per heavy atom. The fourth-order valence-electron chi connectivity index (χ4n) is 2.01. The Balaban J connectivity index is 3.00. The monoisotopic (exact) mass is 352 g/mol. The molecule has 0 unspecified atom stereocenters. The highest BCUT2D eigenvalue weighted by Crippen LogP contribution is 2.28. The van der Waals surface area contributed by atoms with Crippen LogP contribution in [-0.4, -0.2) is 57.8 Å². The van der Waals surface area contributed by atoms with Gasteiger partial charge < -0.3 is 24.4 Å². The standard InChI is InChI=1S/C17H24N2O6/c1-4-23-16(21)10-19(11-17(22)24-5-2)13-8-6-7-9-14(13)25-12-15(20)18-3/h6-9H,4-5,10-12H2,1-3H3,(H,18,20). The van der Waals surface area contributed by atoms with Crippen molar-refractivity contribution in [2.45, 2.75) is 13.8 Å². The summed E-state index contributed by atoms with van der Waals surface area (Å²) in [5, 5.41) is 2.46. The number of nitrogens with one attached hydrogen (secondary N) is 1. The quantitative estimate of drug-likeness (QED) is 0.621. The van der Waals surface area contributed by atoms with Crippen LogP contribution in [0.4, 0.5) is 5.69 Å². The molecule has 138 valence electrons. The molecule has 8 heteroatoms. The summed E-state index contributed by atoms with van der Waals surface area (Å²) in [6.07, 6.45) is 0. The molecule has 0 radical (unpaired) electrons. The molecular formula is C17H24N2O6. The Labute approximate surface area is 147 Å². The van der Waals surface area contributed by atoms with Crippen LogP contribution in [0.15, 0.2) is 24.3 Å². The predicted molar refractivity (Wildman–Crippen MR) is 91.5 cm³/mol. The summed E-state index contributed by atoms with van der Waals surface area (Å²) in [6, 6.07) is 6.82. The van der Waals surface area contributed by atoms with Crippen molar-refractivity contribution in [2.24, 2.45) is 0 Å². The van der Waals surface area contributed by atoms with E-state index < -0.39 is 11.9 Å². The molecular weight excluding hydrogens is 328 g/mol. The van der Waals surface area contributed by atoms with Crippen molar-refractivity contribution >= 4 is 23.5 Å². The van der Waals surface area contributed by atoms with Gasteiger partial charge in [-0.2, -0.15) is 0 Å². The highest BCUT2D eigenvalue weighted by Gasteiger charge is 2.20. The van der Waals surface area contributed by atoms with E-state index in [1.165, 1.54) is 11.9 Å². The normalized spacial score (nSPS) is 9.88. The number of benzene rings is 1. The molecule has 0 atom stereocenters. The van der Waals surface area contributed by atoms with Crippen LogP contribution in [0.1, 0.15) is 13.8 Å². The first kappa shape index (κ1) is 20.3. The second-order valence-corrected chi connectivity index (χ2v) is 4.90. The van der Waals surface area contributed by atoms with E-state index >= 15 is 0 Å². The number of hydrogen-bond donors (Lipinski definition) is 1. The van der Waals surface area contributed by atoms with Gasteiger partial charge in [0.1, 0.15) is 18.8 Å². The van der Waals surface area contributed by atoms with Crippen molar-refractivity contribution in [3.05, 3.63) is 24.3 Å². The topological polar surface area (TPSA) is 94.2 Å². The highest BCUT2D eigenvalue weighted by atomic mass is 16.5. The lowest BCUT2D eigenvalue weighted by Gasteiger charge is -2.25. The van der Waals surface area contributed by atoms with Gasteiger partial charge in [0.2, 0.25) is 0 Å². The molecule has 0 aliphatic heterocycles. The van der Waals surface area contributed by atoms with Crippen LogP contribution in [0.5, 0.6) is 5.75 Å². The Kier molecular flexibility index (Phi) is 8.84. The van der Waals surface area contributed by atoms with Crippen molar-refractivity contribution in [1.29, 1.82) is 0 Å². The van der Waals surface area contributed by atoms with Crippen LogP contribution in [-0.2, 0) is 23.9 Å². The highest BCUT2D eigenvalue weighted by molar-refractivity contribution is 5.83. The number of carbonyl (C=O) groups excluding carboxylic acids is 3. The molecule has 0 heterocycles. The van der Waals surface area contributed by atoms with Crippen LogP contribution < -0.4 is 15.0 Å². The molecule has 1 amide bonds. The van der Waals surface area contributed by atoms with Gasteiger partial charge in [-0.15, -0.1) is 0 Å². The summed E-state index contributed by atoms with van der Waals surface area (Å²) in [7, 11) is 1.51. The SMILES string of the molecule is CCOC(=O)CN(CC(=O)OCC)c1ccccc1OCC(=O)NC. The largest absolute Gasteiger partial charge is 0.482 e. The number of rotatable bonds is 10. The molecule has 1 aromatic rings. The van der Waals surface area contributed by atoms with Gasteiger partial charge >= 0.3 is 11.9 Å². The minimum absolute atomic E-state index is 0.146.